The second kappa shape index (κ2) is 10.3. The van der Waals surface area contributed by atoms with Gasteiger partial charge in [0.1, 0.15) is 11.4 Å². The number of ether oxygens (including phenoxy) is 1. The minimum absolute atomic E-state index is 0. The molecule has 8 aromatic rings. The maximum atomic E-state index is 6.39. The number of nitrogens with zero attached hydrogens (tertiary/aromatic N) is 3. The van der Waals surface area contributed by atoms with Crippen LogP contribution in [0, 0.1) is 12.1 Å². The van der Waals surface area contributed by atoms with Crippen LogP contribution in [0.2, 0.25) is 0 Å². The van der Waals surface area contributed by atoms with Gasteiger partial charge in [-0.25, -0.2) is 4.98 Å². The molecule has 0 aliphatic carbocycles. The molecule has 0 spiro atoms. The fourth-order valence-corrected chi connectivity index (χ4v) is 5.85. The zero-order valence-corrected chi connectivity index (χ0v) is 28.2. The molecule has 0 saturated heterocycles. The van der Waals surface area contributed by atoms with Gasteiger partial charge < -0.3 is 18.1 Å². The van der Waals surface area contributed by atoms with Gasteiger partial charge >= 0.3 is 21.1 Å². The summed E-state index contributed by atoms with van der Waals surface area (Å²) in [5.74, 6) is 2.41. The Morgan fingerprint density at radius 3 is 2.27 bits per heavy atom. The maximum absolute atomic E-state index is 6.39. The Morgan fingerprint density at radius 1 is 0.733 bits per heavy atom. The van der Waals surface area contributed by atoms with E-state index >= 15 is 0 Å². The predicted molar refractivity (Wildman–Crippen MR) is 175 cm³/mol. The molecule has 0 saturated carbocycles. The fourth-order valence-electron chi connectivity index (χ4n) is 5.85. The molecule has 0 amide bonds. The van der Waals surface area contributed by atoms with Crippen molar-refractivity contribution in [2.75, 3.05) is 0 Å². The normalized spacial score (nSPS) is 12.5. The van der Waals surface area contributed by atoms with E-state index in [4.69, 9.17) is 23.5 Å². The van der Waals surface area contributed by atoms with Crippen molar-refractivity contribution < 1.29 is 34.6 Å². The van der Waals surface area contributed by atoms with Crippen molar-refractivity contribution in [2.45, 2.75) is 52.4 Å². The van der Waals surface area contributed by atoms with Crippen LogP contribution in [-0.2, 0) is 31.9 Å². The first-order valence-corrected chi connectivity index (χ1v) is 14.8. The third-order valence-corrected chi connectivity index (χ3v) is 8.31. The predicted octanol–water partition coefficient (Wildman–Crippen LogP) is 10.2. The maximum Gasteiger partial charge on any atom is 2.00 e. The number of fused-ring (bicyclic) bond motifs is 8. The molecule has 0 aliphatic heterocycles. The van der Waals surface area contributed by atoms with Crippen LogP contribution >= 0.6 is 0 Å². The van der Waals surface area contributed by atoms with Gasteiger partial charge in [0.2, 0.25) is 5.78 Å². The van der Waals surface area contributed by atoms with E-state index in [0.29, 0.717) is 28.4 Å². The Hall–Kier alpha value is -4.41. The Bertz CT molecular complexity index is 2400. The van der Waals surface area contributed by atoms with Gasteiger partial charge in [0.05, 0.1) is 5.52 Å². The quantitative estimate of drug-likeness (QED) is 0.167. The van der Waals surface area contributed by atoms with Crippen LogP contribution in [0.25, 0.3) is 60.9 Å². The molecule has 0 unspecified atom stereocenters. The van der Waals surface area contributed by atoms with Crippen molar-refractivity contribution in [1.29, 1.82) is 0 Å². The van der Waals surface area contributed by atoms with Crippen molar-refractivity contribution in [1.82, 2.24) is 14.5 Å². The molecule has 0 aliphatic rings. The standard InChI is InChI=1S/C38H31N3O3.Pt/c1-37(2,3)22-15-16-39-33(18-22)41-29-10-8-7-9-26(29)27-13-11-25(20-30(27)41)42-24-12-14-31-28(19-24)34-35-32(44-36(34)43-31)17-23(21-40-35)38(4,5)6;/h7-18,21H,1-6H3;/q-2;+2. The van der Waals surface area contributed by atoms with E-state index in [1.807, 2.05) is 36.7 Å². The van der Waals surface area contributed by atoms with E-state index in [1.54, 1.807) is 0 Å². The molecule has 5 aromatic heterocycles. The Labute approximate surface area is 275 Å². The van der Waals surface area contributed by atoms with Crippen LogP contribution in [-0.4, -0.2) is 14.5 Å². The van der Waals surface area contributed by atoms with Gasteiger partial charge in [0.25, 0.3) is 0 Å². The van der Waals surface area contributed by atoms with Crippen molar-refractivity contribution in [2.24, 2.45) is 0 Å². The molecule has 0 radical (unpaired) electrons. The van der Waals surface area contributed by atoms with Crippen LogP contribution in [0.5, 0.6) is 11.5 Å². The van der Waals surface area contributed by atoms with Crippen LogP contribution in [0.1, 0.15) is 52.7 Å². The first kappa shape index (κ1) is 29.3. The molecular weight excluding hydrogens is 742 g/mol. The number of benzene rings is 3. The third-order valence-electron chi connectivity index (χ3n) is 8.31. The molecule has 3 aromatic carbocycles. The topological polar surface area (TPSA) is 66.2 Å². The third kappa shape index (κ3) is 4.83. The summed E-state index contributed by atoms with van der Waals surface area (Å²) in [4.78, 5) is 9.53. The van der Waals surface area contributed by atoms with E-state index in [0.717, 1.165) is 49.5 Å². The summed E-state index contributed by atoms with van der Waals surface area (Å²) in [6, 6.07) is 29.4. The zero-order valence-electron chi connectivity index (χ0n) is 25.9. The molecule has 5 heterocycles. The summed E-state index contributed by atoms with van der Waals surface area (Å²) >= 11 is 0. The Balaban J connectivity index is 0.00000325. The minimum Gasteiger partial charge on any atom is -0.503 e. The monoisotopic (exact) mass is 772 g/mol. The number of pyridine rings is 2. The minimum atomic E-state index is -0.0426. The van der Waals surface area contributed by atoms with E-state index in [9.17, 15) is 0 Å². The molecule has 0 atom stereocenters. The molecule has 226 valence electrons. The number of furan rings is 2. The van der Waals surface area contributed by atoms with E-state index < -0.39 is 0 Å². The second-order valence-electron chi connectivity index (χ2n) is 13.4. The number of hydrogen-bond donors (Lipinski definition) is 0. The number of hydrogen-bond acceptors (Lipinski definition) is 5. The van der Waals surface area contributed by atoms with Crippen molar-refractivity contribution in [3.8, 4) is 17.3 Å². The van der Waals surface area contributed by atoms with Crippen LogP contribution in [0.15, 0.2) is 88.0 Å². The Kier molecular flexibility index (Phi) is 6.72. The van der Waals surface area contributed by atoms with Crippen molar-refractivity contribution >= 4 is 55.0 Å². The first-order chi connectivity index (χ1) is 21.0. The van der Waals surface area contributed by atoms with Crippen LogP contribution in [0.3, 0.4) is 0 Å². The average molecular weight is 773 g/mol. The van der Waals surface area contributed by atoms with Gasteiger partial charge in [-0.3, -0.25) is 4.98 Å². The SMILES string of the molecule is CC(C)(C)c1ccnc(-n2c3[c-]c(Oc4[c-]c5c(cc4)oc4oc6cc(C(C)(C)C)cnc6c45)ccc3c3ccccc32)c1.[Pt+2]. The summed E-state index contributed by atoms with van der Waals surface area (Å²) in [7, 11) is 0. The number of para-hydroxylation sites is 1. The number of rotatable bonds is 3. The molecule has 0 fully saturated rings. The van der Waals surface area contributed by atoms with E-state index in [2.05, 4.69) is 101 Å². The van der Waals surface area contributed by atoms with Gasteiger partial charge in [-0.1, -0.05) is 88.8 Å². The van der Waals surface area contributed by atoms with Crippen molar-refractivity contribution in [3.05, 3.63) is 102 Å². The first-order valence-electron chi connectivity index (χ1n) is 14.8. The van der Waals surface area contributed by atoms with E-state index in [-0.39, 0.29) is 31.9 Å². The van der Waals surface area contributed by atoms with Gasteiger partial charge in [-0.15, -0.1) is 17.5 Å². The zero-order chi connectivity index (χ0) is 30.4. The van der Waals surface area contributed by atoms with Crippen LogP contribution < -0.4 is 4.74 Å². The largest absolute Gasteiger partial charge is 2.00 e. The molecule has 0 N–H and O–H groups in total. The summed E-state index contributed by atoms with van der Waals surface area (Å²) in [6.45, 7) is 13.1. The van der Waals surface area contributed by atoms with E-state index in [1.165, 1.54) is 5.56 Å². The van der Waals surface area contributed by atoms with Crippen molar-refractivity contribution in [3.63, 3.8) is 0 Å². The molecule has 0 bridgehead atoms. The summed E-state index contributed by atoms with van der Waals surface area (Å²) in [5, 5.41) is 3.78. The van der Waals surface area contributed by atoms with Crippen LogP contribution in [0.4, 0.5) is 0 Å². The smallest absolute Gasteiger partial charge is 0.503 e. The summed E-state index contributed by atoms with van der Waals surface area (Å²) in [6.07, 6.45) is 3.79. The van der Waals surface area contributed by atoms with Gasteiger partial charge in [0, 0.05) is 40.4 Å². The summed E-state index contributed by atoms with van der Waals surface area (Å²) < 4.78 is 20.7. The summed E-state index contributed by atoms with van der Waals surface area (Å²) in [5.41, 5.74) is 6.34. The molecule has 7 heteroatoms. The molecule has 6 nitrogen and oxygen atoms in total. The fraction of sp³-hybridized carbons (Fsp3) is 0.211. The Morgan fingerprint density at radius 2 is 1.47 bits per heavy atom. The second-order valence-corrected chi connectivity index (χ2v) is 13.4. The molecule has 8 rings (SSSR count). The number of aromatic nitrogens is 3. The van der Waals surface area contributed by atoms with Gasteiger partial charge in [-0.05, 0) is 51.6 Å². The van der Waals surface area contributed by atoms with Gasteiger partial charge in [0.15, 0.2) is 0 Å². The average Bonchev–Trinajstić information content (AvgIpc) is 3.63. The molecule has 45 heavy (non-hydrogen) atoms. The molecular formula is C38H31N3O3Pt. The van der Waals surface area contributed by atoms with Gasteiger partial charge in [-0.2, -0.15) is 6.07 Å².